The van der Waals surface area contributed by atoms with Crippen LogP contribution in [0.4, 0.5) is 4.39 Å². The van der Waals surface area contributed by atoms with Crippen LogP contribution in [0.3, 0.4) is 0 Å². The molecule has 0 aromatic heterocycles. The van der Waals surface area contributed by atoms with Crippen LogP contribution >= 0.6 is 0 Å². The van der Waals surface area contributed by atoms with Gasteiger partial charge >= 0.3 is 0 Å². The smallest absolute Gasteiger partial charge is 0.138 e. The summed E-state index contributed by atoms with van der Waals surface area (Å²) in [6, 6.07) is 0. The molecule has 1 saturated heterocycles. The van der Waals surface area contributed by atoms with Crippen molar-refractivity contribution in [2.24, 2.45) is 0 Å². The highest BCUT2D eigenvalue weighted by Gasteiger charge is 2.26. The summed E-state index contributed by atoms with van der Waals surface area (Å²) in [4.78, 5) is 2.04. The first-order valence-corrected chi connectivity index (χ1v) is 4.77. The number of alkyl halides is 1. The maximum Gasteiger partial charge on any atom is 0.138 e. The maximum atomic E-state index is 13.0. The van der Waals surface area contributed by atoms with Gasteiger partial charge in [0.05, 0.1) is 6.10 Å². The monoisotopic (exact) mass is 191 g/mol. The molecule has 0 spiro atoms. The topological polar surface area (TPSA) is 32.7 Å². The van der Waals surface area contributed by atoms with Crippen molar-refractivity contribution in [3.63, 3.8) is 0 Å². The molecule has 78 valence electrons. The summed E-state index contributed by atoms with van der Waals surface area (Å²) in [5.74, 6) is 0. The summed E-state index contributed by atoms with van der Waals surface area (Å²) in [5, 5.41) is 9.14. The van der Waals surface area contributed by atoms with Crippen LogP contribution in [-0.4, -0.2) is 55.6 Å². The highest BCUT2D eigenvalue weighted by molar-refractivity contribution is 4.79. The molecule has 0 aliphatic carbocycles. The maximum absolute atomic E-state index is 13.0. The first kappa shape index (κ1) is 10.9. The molecule has 0 aromatic rings. The molecule has 0 radical (unpaired) electrons. The SMILES string of the molecule is COCCCN1CC[C@H](O)[C@@H](F)C1. The molecule has 1 rings (SSSR count). The second-order valence-corrected chi connectivity index (χ2v) is 3.52. The van der Waals surface area contributed by atoms with Gasteiger partial charge in [-0.25, -0.2) is 4.39 Å². The van der Waals surface area contributed by atoms with Crippen molar-refractivity contribution in [3.8, 4) is 0 Å². The molecule has 1 aliphatic rings. The Bertz CT molecular complexity index is 146. The fraction of sp³-hybridized carbons (Fsp3) is 1.00. The van der Waals surface area contributed by atoms with Gasteiger partial charge < -0.3 is 14.7 Å². The number of methoxy groups -OCH3 is 1. The number of halogens is 1. The van der Waals surface area contributed by atoms with E-state index in [9.17, 15) is 4.39 Å². The quantitative estimate of drug-likeness (QED) is 0.654. The molecular formula is C9H18FNO2. The van der Waals surface area contributed by atoms with Gasteiger partial charge in [0.1, 0.15) is 6.17 Å². The van der Waals surface area contributed by atoms with Crippen molar-refractivity contribution in [2.75, 3.05) is 33.4 Å². The molecule has 0 aromatic carbocycles. The van der Waals surface area contributed by atoms with E-state index in [-0.39, 0.29) is 0 Å². The molecule has 13 heavy (non-hydrogen) atoms. The zero-order chi connectivity index (χ0) is 9.68. The van der Waals surface area contributed by atoms with Gasteiger partial charge in [0, 0.05) is 33.4 Å². The van der Waals surface area contributed by atoms with E-state index in [1.165, 1.54) is 0 Å². The molecule has 3 nitrogen and oxygen atoms in total. The van der Waals surface area contributed by atoms with Gasteiger partial charge in [-0.3, -0.25) is 0 Å². The van der Waals surface area contributed by atoms with Crippen LogP contribution < -0.4 is 0 Å². The van der Waals surface area contributed by atoms with Crippen LogP contribution in [0.1, 0.15) is 12.8 Å². The molecule has 0 saturated carbocycles. The second kappa shape index (κ2) is 5.52. The minimum atomic E-state index is -1.07. The van der Waals surface area contributed by atoms with E-state index in [4.69, 9.17) is 9.84 Å². The number of hydrogen-bond donors (Lipinski definition) is 1. The van der Waals surface area contributed by atoms with Gasteiger partial charge in [0.15, 0.2) is 0 Å². The predicted octanol–water partition coefficient (Wildman–Crippen LogP) is 0.428. The van der Waals surface area contributed by atoms with E-state index in [0.717, 1.165) is 26.1 Å². The van der Waals surface area contributed by atoms with Crippen molar-refractivity contribution in [1.82, 2.24) is 4.90 Å². The first-order chi connectivity index (χ1) is 6.24. The lowest BCUT2D eigenvalue weighted by Gasteiger charge is -2.31. The Morgan fingerprint density at radius 1 is 1.62 bits per heavy atom. The molecule has 1 heterocycles. The third kappa shape index (κ3) is 3.58. The summed E-state index contributed by atoms with van der Waals surface area (Å²) in [7, 11) is 1.66. The van der Waals surface area contributed by atoms with E-state index in [1.807, 2.05) is 4.90 Å². The standard InChI is InChI=1S/C9H18FNO2/c1-13-6-2-4-11-5-3-9(12)8(10)7-11/h8-9,12H,2-7H2,1H3/t8-,9-/m0/s1. The third-order valence-electron chi connectivity index (χ3n) is 2.41. The fourth-order valence-corrected chi connectivity index (χ4v) is 1.59. The van der Waals surface area contributed by atoms with Crippen LogP contribution in [0.5, 0.6) is 0 Å². The van der Waals surface area contributed by atoms with Crippen molar-refractivity contribution in [1.29, 1.82) is 0 Å². The lowest BCUT2D eigenvalue weighted by molar-refractivity contribution is 0.00452. The van der Waals surface area contributed by atoms with Crippen molar-refractivity contribution < 1.29 is 14.2 Å². The molecule has 0 bridgehead atoms. The Morgan fingerprint density at radius 3 is 3.00 bits per heavy atom. The zero-order valence-electron chi connectivity index (χ0n) is 8.08. The van der Waals surface area contributed by atoms with Crippen molar-refractivity contribution in [3.05, 3.63) is 0 Å². The average Bonchev–Trinajstić information content (AvgIpc) is 2.12. The molecule has 1 N–H and O–H groups in total. The summed E-state index contributed by atoms with van der Waals surface area (Å²) in [6.07, 6.45) is -0.344. The minimum absolute atomic E-state index is 0.366. The highest BCUT2D eigenvalue weighted by atomic mass is 19.1. The van der Waals surface area contributed by atoms with Crippen molar-refractivity contribution >= 4 is 0 Å². The van der Waals surface area contributed by atoms with Gasteiger partial charge in [-0.15, -0.1) is 0 Å². The first-order valence-electron chi connectivity index (χ1n) is 4.77. The summed E-state index contributed by atoms with van der Waals surface area (Å²) in [5.41, 5.74) is 0. The van der Waals surface area contributed by atoms with Gasteiger partial charge in [-0.1, -0.05) is 0 Å². The number of likely N-dealkylation sites (tertiary alicyclic amines) is 1. The van der Waals surface area contributed by atoms with Crippen LogP contribution in [0, 0.1) is 0 Å². The number of hydrogen-bond acceptors (Lipinski definition) is 3. The summed E-state index contributed by atoms with van der Waals surface area (Å²) < 4.78 is 17.9. The lowest BCUT2D eigenvalue weighted by atomic mass is 10.1. The number of aliphatic hydroxyl groups is 1. The van der Waals surface area contributed by atoms with E-state index < -0.39 is 12.3 Å². The van der Waals surface area contributed by atoms with Gasteiger partial charge in [-0.05, 0) is 12.8 Å². The van der Waals surface area contributed by atoms with E-state index >= 15 is 0 Å². The number of ether oxygens (including phenoxy) is 1. The molecule has 0 unspecified atom stereocenters. The molecule has 0 amide bonds. The summed E-state index contributed by atoms with van der Waals surface area (Å²) >= 11 is 0. The molecule has 2 atom stereocenters. The molecule has 1 aliphatic heterocycles. The fourth-order valence-electron chi connectivity index (χ4n) is 1.59. The Kier molecular flexibility index (Phi) is 4.62. The average molecular weight is 191 g/mol. The number of piperidine rings is 1. The van der Waals surface area contributed by atoms with Crippen molar-refractivity contribution in [2.45, 2.75) is 25.1 Å². The minimum Gasteiger partial charge on any atom is -0.390 e. The number of aliphatic hydroxyl groups excluding tert-OH is 1. The normalized spacial score (nSPS) is 30.7. The predicted molar refractivity (Wildman–Crippen MR) is 48.5 cm³/mol. The third-order valence-corrected chi connectivity index (χ3v) is 2.41. The van der Waals surface area contributed by atoms with E-state index in [1.54, 1.807) is 7.11 Å². The van der Waals surface area contributed by atoms with E-state index in [2.05, 4.69) is 0 Å². The molecule has 1 fully saturated rings. The Balaban J connectivity index is 2.14. The van der Waals surface area contributed by atoms with Gasteiger partial charge in [0.2, 0.25) is 0 Å². The number of rotatable bonds is 4. The van der Waals surface area contributed by atoms with Crippen LogP contribution in [0.25, 0.3) is 0 Å². The summed E-state index contributed by atoms with van der Waals surface area (Å²) in [6.45, 7) is 2.74. The molecular weight excluding hydrogens is 173 g/mol. The zero-order valence-corrected chi connectivity index (χ0v) is 8.08. The Hall–Kier alpha value is -0.190. The Labute approximate surface area is 78.5 Å². The highest BCUT2D eigenvalue weighted by Crippen LogP contribution is 2.13. The van der Waals surface area contributed by atoms with E-state index in [0.29, 0.717) is 13.0 Å². The van der Waals surface area contributed by atoms with Crippen LogP contribution in [-0.2, 0) is 4.74 Å². The second-order valence-electron chi connectivity index (χ2n) is 3.52. The van der Waals surface area contributed by atoms with Crippen LogP contribution in [0.2, 0.25) is 0 Å². The largest absolute Gasteiger partial charge is 0.390 e. The molecule has 4 heteroatoms. The van der Waals surface area contributed by atoms with Gasteiger partial charge in [-0.2, -0.15) is 0 Å². The Morgan fingerprint density at radius 2 is 2.38 bits per heavy atom. The van der Waals surface area contributed by atoms with Crippen LogP contribution in [0.15, 0.2) is 0 Å². The lowest BCUT2D eigenvalue weighted by Crippen LogP contribution is -2.44. The van der Waals surface area contributed by atoms with Gasteiger partial charge in [0.25, 0.3) is 0 Å². The number of nitrogens with zero attached hydrogens (tertiary/aromatic N) is 1.